The fourth-order valence-electron chi connectivity index (χ4n) is 2.49. The average Bonchev–Trinajstić information content (AvgIpc) is 2.68. The van der Waals surface area contributed by atoms with E-state index in [-0.39, 0.29) is 5.92 Å². The maximum atomic E-state index is 14.1. The molecule has 2 aromatic carbocycles. The van der Waals surface area contributed by atoms with Crippen molar-refractivity contribution >= 4 is 29.3 Å². The van der Waals surface area contributed by atoms with Crippen LogP contribution in [0.25, 0.3) is 0 Å². The molecule has 1 atom stereocenters. The maximum Gasteiger partial charge on any atom is 0.340 e. The third-order valence-electron chi connectivity index (χ3n) is 3.99. The topological polar surface area (TPSA) is 96.5 Å². The van der Waals surface area contributed by atoms with Crippen molar-refractivity contribution in [1.82, 2.24) is 5.32 Å². The fourth-order valence-corrected chi connectivity index (χ4v) is 2.49. The van der Waals surface area contributed by atoms with Gasteiger partial charge in [-0.1, -0.05) is 32.0 Å². The summed E-state index contributed by atoms with van der Waals surface area (Å²) < 4.78 is 32.3. The van der Waals surface area contributed by atoms with Crippen molar-refractivity contribution in [2.24, 2.45) is 5.92 Å². The molecule has 0 spiro atoms. The smallest absolute Gasteiger partial charge is 0.340 e. The van der Waals surface area contributed by atoms with Gasteiger partial charge in [0, 0.05) is 11.8 Å². The van der Waals surface area contributed by atoms with Crippen molar-refractivity contribution in [3.05, 3.63) is 59.7 Å². The molecule has 2 rings (SSSR count). The van der Waals surface area contributed by atoms with Crippen LogP contribution in [0, 0.1) is 17.6 Å². The van der Waals surface area contributed by atoms with E-state index in [9.17, 15) is 23.2 Å². The first-order valence-electron chi connectivity index (χ1n) is 8.73. The molecular weight excluding hydrogens is 384 g/mol. The number of carbonyl (C=O) groups is 3. The summed E-state index contributed by atoms with van der Waals surface area (Å²) in [6.45, 7) is 3.38. The van der Waals surface area contributed by atoms with Crippen molar-refractivity contribution in [2.75, 3.05) is 17.7 Å². The number of benzene rings is 2. The number of anilines is 2. The van der Waals surface area contributed by atoms with E-state index in [2.05, 4.69) is 20.7 Å². The van der Waals surface area contributed by atoms with Crippen LogP contribution in [0.2, 0.25) is 0 Å². The van der Waals surface area contributed by atoms with Crippen LogP contribution in [0.5, 0.6) is 0 Å². The van der Waals surface area contributed by atoms with Gasteiger partial charge in [0.2, 0.25) is 5.91 Å². The number of rotatable bonds is 6. The number of ether oxygens (including phenoxy) is 1. The molecule has 154 valence electrons. The molecule has 0 saturated heterocycles. The summed E-state index contributed by atoms with van der Waals surface area (Å²) in [5.74, 6) is -4.28. The number of methoxy groups -OCH3 is 1. The van der Waals surface area contributed by atoms with Crippen LogP contribution in [0.3, 0.4) is 0 Å². The van der Waals surface area contributed by atoms with Crippen LogP contribution >= 0.6 is 0 Å². The van der Waals surface area contributed by atoms with E-state index >= 15 is 0 Å². The van der Waals surface area contributed by atoms with Gasteiger partial charge >= 0.3 is 12.0 Å². The summed E-state index contributed by atoms with van der Waals surface area (Å²) in [6, 6.07) is 8.27. The van der Waals surface area contributed by atoms with Crippen LogP contribution in [0.1, 0.15) is 24.2 Å². The Kier molecular flexibility index (Phi) is 7.24. The fraction of sp³-hybridized carbons (Fsp3) is 0.250. The van der Waals surface area contributed by atoms with Gasteiger partial charge in [0.25, 0.3) is 0 Å². The first-order valence-corrected chi connectivity index (χ1v) is 8.73. The van der Waals surface area contributed by atoms with Crippen LogP contribution in [-0.2, 0) is 9.53 Å². The Morgan fingerprint density at radius 3 is 2.21 bits per heavy atom. The van der Waals surface area contributed by atoms with Gasteiger partial charge in [-0.2, -0.15) is 0 Å². The molecule has 0 aliphatic carbocycles. The molecule has 0 saturated carbocycles. The van der Waals surface area contributed by atoms with Gasteiger partial charge < -0.3 is 20.7 Å². The number of urea groups is 1. The molecule has 0 radical (unpaired) electrons. The lowest BCUT2D eigenvalue weighted by Crippen LogP contribution is -2.48. The van der Waals surface area contributed by atoms with Gasteiger partial charge in [-0.15, -0.1) is 0 Å². The maximum absolute atomic E-state index is 14.1. The quantitative estimate of drug-likeness (QED) is 0.641. The number of esters is 1. The van der Waals surface area contributed by atoms with Crippen LogP contribution in [0.15, 0.2) is 42.5 Å². The largest absolute Gasteiger partial charge is 0.465 e. The van der Waals surface area contributed by atoms with E-state index in [4.69, 9.17) is 0 Å². The van der Waals surface area contributed by atoms with Crippen molar-refractivity contribution < 1.29 is 27.9 Å². The minimum Gasteiger partial charge on any atom is -0.465 e. The van der Waals surface area contributed by atoms with Crippen molar-refractivity contribution in [1.29, 1.82) is 0 Å². The number of hydrogen-bond acceptors (Lipinski definition) is 4. The van der Waals surface area contributed by atoms with E-state index in [0.29, 0.717) is 11.8 Å². The number of nitrogens with one attached hydrogen (secondary N) is 3. The minimum atomic E-state index is -1.12. The number of para-hydroxylation sites is 1. The third-order valence-corrected chi connectivity index (χ3v) is 3.99. The molecule has 0 bridgehead atoms. The summed E-state index contributed by atoms with van der Waals surface area (Å²) in [6.07, 6.45) is 0. The van der Waals surface area contributed by atoms with Gasteiger partial charge in [-0.25, -0.2) is 18.4 Å². The van der Waals surface area contributed by atoms with Gasteiger partial charge in [0.05, 0.1) is 18.4 Å². The molecule has 0 aliphatic heterocycles. The predicted molar refractivity (Wildman–Crippen MR) is 104 cm³/mol. The van der Waals surface area contributed by atoms with E-state index < -0.39 is 46.8 Å². The lowest BCUT2D eigenvalue weighted by Gasteiger charge is -2.22. The molecule has 29 heavy (non-hydrogen) atoms. The predicted octanol–water partition coefficient (Wildman–Crippen LogP) is 3.54. The molecular formula is C20H21F2N3O4. The molecule has 0 aromatic heterocycles. The first-order chi connectivity index (χ1) is 13.7. The lowest BCUT2D eigenvalue weighted by molar-refractivity contribution is -0.118. The van der Waals surface area contributed by atoms with Crippen LogP contribution in [0.4, 0.5) is 25.0 Å². The van der Waals surface area contributed by atoms with Crippen LogP contribution < -0.4 is 16.0 Å². The molecule has 9 heteroatoms. The zero-order valence-electron chi connectivity index (χ0n) is 16.1. The first kappa shape index (κ1) is 21.8. The third kappa shape index (κ3) is 5.74. The highest BCUT2D eigenvalue weighted by Gasteiger charge is 2.26. The Bertz CT molecular complexity index is 904. The standard InChI is InChI=1S/C20H21F2N3O4/c1-11(2)17(25-20(28)23-12-7-5-4-6-8-12)18(26)24-16-9-13(19(27)29-3)14(21)10-15(16)22/h4-11,17H,1-3H3,(H,24,26)(H2,23,25,28). The summed E-state index contributed by atoms with van der Waals surface area (Å²) in [5.41, 5.74) is -0.409. The molecule has 3 N–H and O–H groups in total. The Morgan fingerprint density at radius 1 is 0.966 bits per heavy atom. The summed E-state index contributed by atoms with van der Waals surface area (Å²) in [5, 5.41) is 7.37. The molecule has 0 aliphatic rings. The van der Waals surface area contributed by atoms with Gasteiger partial charge in [-0.05, 0) is 24.1 Å². The Balaban J connectivity index is 2.15. The molecule has 0 heterocycles. The second kappa shape index (κ2) is 9.63. The number of carbonyl (C=O) groups excluding carboxylic acids is 3. The minimum absolute atomic E-state index is 0.347. The number of amides is 3. The van der Waals surface area contributed by atoms with E-state index in [1.807, 2.05) is 0 Å². The van der Waals surface area contributed by atoms with E-state index in [1.165, 1.54) is 0 Å². The lowest BCUT2D eigenvalue weighted by atomic mass is 10.0. The Labute approximate surface area is 166 Å². The zero-order valence-corrected chi connectivity index (χ0v) is 16.1. The van der Waals surface area contributed by atoms with Gasteiger partial charge in [-0.3, -0.25) is 4.79 Å². The van der Waals surface area contributed by atoms with Crippen molar-refractivity contribution in [3.8, 4) is 0 Å². The molecule has 3 amide bonds. The zero-order chi connectivity index (χ0) is 21.6. The average molecular weight is 405 g/mol. The molecule has 7 nitrogen and oxygen atoms in total. The van der Waals surface area contributed by atoms with Crippen molar-refractivity contribution in [3.63, 3.8) is 0 Å². The monoisotopic (exact) mass is 405 g/mol. The van der Waals surface area contributed by atoms with E-state index in [1.54, 1.807) is 44.2 Å². The van der Waals surface area contributed by atoms with Crippen LogP contribution in [-0.4, -0.2) is 31.1 Å². The summed E-state index contributed by atoms with van der Waals surface area (Å²) >= 11 is 0. The van der Waals surface area contributed by atoms with Gasteiger partial charge in [0.1, 0.15) is 17.7 Å². The molecule has 0 fully saturated rings. The highest BCUT2D eigenvalue weighted by atomic mass is 19.1. The Hall–Kier alpha value is -3.49. The van der Waals surface area contributed by atoms with Gasteiger partial charge in [0.15, 0.2) is 0 Å². The second-order valence-electron chi connectivity index (χ2n) is 6.48. The highest BCUT2D eigenvalue weighted by molar-refractivity contribution is 6.00. The summed E-state index contributed by atoms with van der Waals surface area (Å²) in [4.78, 5) is 36.4. The second-order valence-corrected chi connectivity index (χ2v) is 6.48. The normalized spacial score (nSPS) is 11.5. The molecule has 1 unspecified atom stereocenters. The highest BCUT2D eigenvalue weighted by Crippen LogP contribution is 2.21. The number of hydrogen-bond donors (Lipinski definition) is 3. The summed E-state index contributed by atoms with van der Waals surface area (Å²) in [7, 11) is 1.05. The number of halogens is 2. The van der Waals surface area contributed by atoms with Crippen molar-refractivity contribution in [2.45, 2.75) is 19.9 Å². The SMILES string of the molecule is COC(=O)c1cc(NC(=O)C(NC(=O)Nc2ccccc2)C(C)C)c(F)cc1F. The Morgan fingerprint density at radius 2 is 1.62 bits per heavy atom. The van der Waals surface area contributed by atoms with E-state index in [0.717, 1.165) is 13.2 Å². The molecule has 2 aromatic rings.